The number of aromatic nitrogens is 2. The molecule has 1 saturated heterocycles. The first kappa shape index (κ1) is 14.0. The van der Waals surface area contributed by atoms with Crippen molar-refractivity contribution in [3.63, 3.8) is 0 Å². The van der Waals surface area contributed by atoms with Gasteiger partial charge in [0.25, 0.3) is 5.91 Å². The molecule has 2 fully saturated rings. The van der Waals surface area contributed by atoms with Crippen LogP contribution in [0.2, 0.25) is 0 Å². The van der Waals surface area contributed by atoms with E-state index in [0.717, 1.165) is 30.8 Å². The van der Waals surface area contributed by atoms with E-state index >= 15 is 0 Å². The summed E-state index contributed by atoms with van der Waals surface area (Å²) in [5.74, 6) is 0.866. The SMILES string of the molecule is Cc1cnn([C@H]2CCCN(C(=O)c3sccc3C3CC3)C2)c1. The van der Waals surface area contributed by atoms with Gasteiger partial charge in [0.2, 0.25) is 0 Å². The van der Waals surface area contributed by atoms with Gasteiger partial charge in [-0.25, -0.2) is 0 Å². The number of rotatable bonds is 3. The van der Waals surface area contributed by atoms with Crippen molar-refractivity contribution in [2.24, 2.45) is 0 Å². The third kappa shape index (κ3) is 2.58. The van der Waals surface area contributed by atoms with E-state index in [1.807, 2.05) is 15.8 Å². The second-order valence-corrected chi connectivity index (χ2v) is 7.44. The van der Waals surface area contributed by atoms with Crippen molar-refractivity contribution in [2.45, 2.75) is 44.6 Å². The van der Waals surface area contributed by atoms with Gasteiger partial charge in [0, 0.05) is 19.3 Å². The summed E-state index contributed by atoms with van der Waals surface area (Å²) in [7, 11) is 0. The molecule has 0 N–H and O–H groups in total. The lowest BCUT2D eigenvalue weighted by atomic mass is 10.0. The maximum Gasteiger partial charge on any atom is 0.264 e. The molecule has 5 heteroatoms. The second kappa shape index (κ2) is 5.54. The highest BCUT2D eigenvalue weighted by Gasteiger charge is 2.32. The fraction of sp³-hybridized carbons (Fsp3) is 0.529. The molecule has 2 aromatic heterocycles. The number of hydrogen-bond acceptors (Lipinski definition) is 3. The molecule has 2 aliphatic rings. The van der Waals surface area contributed by atoms with Crippen LogP contribution >= 0.6 is 11.3 Å². The van der Waals surface area contributed by atoms with Crippen LogP contribution in [-0.2, 0) is 0 Å². The van der Waals surface area contributed by atoms with Gasteiger partial charge in [0.1, 0.15) is 0 Å². The summed E-state index contributed by atoms with van der Waals surface area (Å²) < 4.78 is 2.03. The van der Waals surface area contributed by atoms with Crippen LogP contribution in [0.5, 0.6) is 0 Å². The van der Waals surface area contributed by atoms with Crippen molar-refractivity contribution in [3.8, 4) is 0 Å². The smallest absolute Gasteiger partial charge is 0.264 e. The monoisotopic (exact) mass is 315 g/mol. The Hall–Kier alpha value is -1.62. The number of likely N-dealkylation sites (tertiary alicyclic amines) is 1. The highest BCUT2D eigenvalue weighted by Crippen LogP contribution is 2.43. The summed E-state index contributed by atoms with van der Waals surface area (Å²) in [6, 6.07) is 2.46. The molecule has 116 valence electrons. The second-order valence-electron chi connectivity index (χ2n) is 6.52. The summed E-state index contributed by atoms with van der Waals surface area (Å²) in [5, 5.41) is 6.50. The maximum absolute atomic E-state index is 12.9. The molecule has 3 heterocycles. The Morgan fingerprint density at radius 1 is 1.36 bits per heavy atom. The van der Waals surface area contributed by atoms with Crippen molar-refractivity contribution in [2.75, 3.05) is 13.1 Å². The van der Waals surface area contributed by atoms with Gasteiger partial charge in [-0.3, -0.25) is 9.48 Å². The average Bonchev–Trinajstić information content (AvgIpc) is 3.10. The number of aryl methyl sites for hydroxylation is 1. The first-order valence-electron chi connectivity index (χ1n) is 8.10. The van der Waals surface area contributed by atoms with Crippen LogP contribution in [0.3, 0.4) is 0 Å². The topological polar surface area (TPSA) is 38.1 Å². The van der Waals surface area contributed by atoms with Gasteiger partial charge >= 0.3 is 0 Å². The van der Waals surface area contributed by atoms with Crippen LogP contribution in [0.4, 0.5) is 0 Å². The molecule has 22 heavy (non-hydrogen) atoms. The number of amides is 1. The number of carbonyl (C=O) groups excluding carboxylic acids is 1. The molecule has 0 aromatic carbocycles. The first-order valence-corrected chi connectivity index (χ1v) is 8.98. The predicted molar refractivity (Wildman–Crippen MR) is 87.4 cm³/mol. The summed E-state index contributed by atoms with van der Waals surface area (Å²) in [4.78, 5) is 15.9. The Balaban J connectivity index is 1.52. The Labute approximate surface area is 134 Å². The van der Waals surface area contributed by atoms with Crippen LogP contribution in [0.1, 0.15) is 58.4 Å². The lowest BCUT2D eigenvalue weighted by Crippen LogP contribution is -2.40. The quantitative estimate of drug-likeness (QED) is 0.868. The number of piperidine rings is 1. The number of hydrogen-bond donors (Lipinski definition) is 0. The van der Waals surface area contributed by atoms with Gasteiger partial charge in [-0.15, -0.1) is 11.3 Å². The Bertz CT molecular complexity index is 686. The lowest BCUT2D eigenvalue weighted by molar-refractivity contribution is 0.0677. The minimum absolute atomic E-state index is 0.227. The third-order valence-electron chi connectivity index (χ3n) is 4.70. The van der Waals surface area contributed by atoms with E-state index in [2.05, 4.69) is 29.7 Å². The van der Waals surface area contributed by atoms with Crippen molar-refractivity contribution >= 4 is 17.2 Å². The normalized spacial score (nSPS) is 22.0. The zero-order valence-corrected chi connectivity index (χ0v) is 13.7. The molecule has 0 unspecified atom stereocenters. The molecule has 4 rings (SSSR count). The summed E-state index contributed by atoms with van der Waals surface area (Å²) in [5.41, 5.74) is 2.46. The molecule has 2 aromatic rings. The predicted octanol–water partition coefficient (Wildman–Crippen LogP) is 3.61. The van der Waals surface area contributed by atoms with Crippen molar-refractivity contribution in [3.05, 3.63) is 39.8 Å². The molecular weight excluding hydrogens is 294 g/mol. The molecule has 1 atom stereocenters. The first-order chi connectivity index (χ1) is 10.7. The lowest BCUT2D eigenvalue weighted by Gasteiger charge is -2.32. The maximum atomic E-state index is 12.9. The fourth-order valence-electron chi connectivity index (χ4n) is 3.34. The minimum Gasteiger partial charge on any atom is -0.336 e. The fourth-order valence-corrected chi connectivity index (χ4v) is 4.29. The summed E-state index contributed by atoms with van der Waals surface area (Å²) in [6.07, 6.45) is 8.62. The number of thiophene rings is 1. The standard InChI is InChI=1S/C17H21N3OS/c1-12-9-18-20(10-12)14-3-2-7-19(11-14)17(21)16-15(6-8-22-16)13-4-5-13/h6,8-10,13-14H,2-5,7,11H2,1H3/t14-/m0/s1. The van der Waals surface area contributed by atoms with Crippen LogP contribution in [0.25, 0.3) is 0 Å². The van der Waals surface area contributed by atoms with E-state index in [4.69, 9.17) is 0 Å². The van der Waals surface area contributed by atoms with E-state index in [9.17, 15) is 4.79 Å². The number of nitrogens with zero attached hydrogens (tertiary/aromatic N) is 3. The summed E-state index contributed by atoms with van der Waals surface area (Å²) in [6.45, 7) is 3.71. The molecule has 1 saturated carbocycles. The minimum atomic E-state index is 0.227. The van der Waals surface area contributed by atoms with E-state index in [0.29, 0.717) is 12.0 Å². The van der Waals surface area contributed by atoms with Gasteiger partial charge in [-0.2, -0.15) is 5.10 Å². The van der Waals surface area contributed by atoms with Gasteiger partial charge in [0.15, 0.2) is 0 Å². The zero-order valence-electron chi connectivity index (χ0n) is 12.9. The third-order valence-corrected chi connectivity index (χ3v) is 5.61. The average molecular weight is 315 g/mol. The molecule has 1 aliphatic heterocycles. The van der Waals surface area contributed by atoms with Gasteiger partial charge < -0.3 is 4.90 Å². The van der Waals surface area contributed by atoms with Gasteiger partial charge in [-0.1, -0.05) is 0 Å². The molecule has 0 radical (unpaired) electrons. The van der Waals surface area contributed by atoms with E-state index in [1.54, 1.807) is 11.3 Å². The molecule has 1 aliphatic carbocycles. The van der Waals surface area contributed by atoms with Gasteiger partial charge in [0.05, 0.1) is 17.1 Å². The van der Waals surface area contributed by atoms with Crippen LogP contribution < -0.4 is 0 Å². The molecule has 1 amide bonds. The molecule has 0 bridgehead atoms. The highest BCUT2D eigenvalue weighted by atomic mass is 32.1. The van der Waals surface area contributed by atoms with Crippen LogP contribution in [0, 0.1) is 6.92 Å². The zero-order chi connectivity index (χ0) is 15.1. The Morgan fingerprint density at radius 3 is 2.95 bits per heavy atom. The molecule has 0 spiro atoms. The molecular formula is C17H21N3OS. The largest absolute Gasteiger partial charge is 0.336 e. The number of carbonyl (C=O) groups is 1. The summed E-state index contributed by atoms with van der Waals surface area (Å²) >= 11 is 1.61. The van der Waals surface area contributed by atoms with Crippen molar-refractivity contribution in [1.29, 1.82) is 0 Å². The van der Waals surface area contributed by atoms with E-state index in [1.165, 1.54) is 24.0 Å². The highest BCUT2D eigenvalue weighted by molar-refractivity contribution is 7.12. The van der Waals surface area contributed by atoms with Crippen LogP contribution in [-0.4, -0.2) is 33.7 Å². The Kier molecular flexibility index (Phi) is 3.53. The Morgan fingerprint density at radius 2 is 2.23 bits per heavy atom. The van der Waals surface area contributed by atoms with Crippen molar-refractivity contribution in [1.82, 2.24) is 14.7 Å². The van der Waals surface area contributed by atoms with Crippen molar-refractivity contribution < 1.29 is 4.79 Å². The molecule has 4 nitrogen and oxygen atoms in total. The van der Waals surface area contributed by atoms with E-state index in [-0.39, 0.29) is 5.91 Å². The van der Waals surface area contributed by atoms with Gasteiger partial charge in [-0.05, 0) is 61.1 Å². The van der Waals surface area contributed by atoms with Crippen LogP contribution in [0.15, 0.2) is 23.8 Å². The van der Waals surface area contributed by atoms with E-state index < -0.39 is 0 Å².